The molecule has 2 atom stereocenters. The molecule has 4 heteroatoms. The minimum absolute atomic E-state index is 0.153. The van der Waals surface area contributed by atoms with Gasteiger partial charge in [0.05, 0.1) is 6.10 Å². The lowest BCUT2D eigenvalue weighted by atomic mass is 9.87. The van der Waals surface area contributed by atoms with Crippen LogP contribution in [-0.2, 0) is 0 Å². The van der Waals surface area contributed by atoms with Gasteiger partial charge in [-0.15, -0.1) is 0 Å². The zero-order valence-corrected chi connectivity index (χ0v) is 11.3. The number of rotatable bonds is 5. The minimum atomic E-state index is -0.428. The maximum Gasteiger partial charge on any atom is 0.315 e. The van der Waals surface area contributed by atoms with E-state index in [-0.39, 0.29) is 17.5 Å². The highest BCUT2D eigenvalue weighted by atomic mass is 16.3. The van der Waals surface area contributed by atoms with E-state index in [4.69, 9.17) is 0 Å². The first-order valence-electron chi connectivity index (χ1n) is 6.68. The van der Waals surface area contributed by atoms with Crippen molar-refractivity contribution in [2.24, 2.45) is 5.41 Å². The van der Waals surface area contributed by atoms with Gasteiger partial charge in [-0.05, 0) is 24.7 Å². The molecule has 0 aromatic rings. The number of aliphatic hydroxyl groups is 1. The molecule has 0 aliphatic heterocycles. The van der Waals surface area contributed by atoms with Crippen LogP contribution < -0.4 is 10.6 Å². The second kappa shape index (κ2) is 6.24. The van der Waals surface area contributed by atoms with E-state index < -0.39 is 6.10 Å². The summed E-state index contributed by atoms with van der Waals surface area (Å²) in [5, 5.41) is 15.3. The summed E-state index contributed by atoms with van der Waals surface area (Å²) in [5.74, 6) is 0. The topological polar surface area (TPSA) is 61.4 Å². The largest absolute Gasteiger partial charge is 0.391 e. The fourth-order valence-corrected chi connectivity index (χ4v) is 2.45. The number of hydrogen-bond acceptors (Lipinski definition) is 2. The van der Waals surface area contributed by atoms with Gasteiger partial charge >= 0.3 is 6.03 Å². The third-order valence-corrected chi connectivity index (χ3v) is 3.68. The normalized spacial score (nSPS) is 24.4. The van der Waals surface area contributed by atoms with E-state index in [1.807, 2.05) is 6.92 Å². The zero-order valence-electron chi connectivity index (χ0n) is 11.3. The molecule has 3 N–H and O–H groups in total. The Morgan fingerprint density at radius 3 is 2.76 bits per heavy atom. The minimum Gasteiger partial charge on any atom is -0.391 e. The first kappa shape index (κ1) is 14.3. The molecule has 4 nitrogen and oxygen atoms in total. The molecule has 0 radical (unpaired) electrons. The Bertz CT molecular complexity index is 254. The van der Waals surface area contributed by atoms with Crippen LogP contribution in [0.25, 0.3) is 0 Å². The number of amides is 2. The van der Waals surface area contributed by atoms with Crippen molar-refractivity contribution in [1.29, 1.82) is 0 Å². The molecule has 2 amide bonds. The van der Waals surface area contributed by atoms with Gasteiger partial charge in [0.2, 0.25) is 0 Å². The molecule has 0 saturated heterocycles. The van der Waals surface area contributed by atoms with Gasteiger partial charge in [-0.25, -0.2) is 4.79 Å². The maximum absolute atomic E-state index is 11.7. The maximum atomic E-state index is 11.7. The Hall–Kier alpha value is -0.770. The van der Waals surface area contributed by atoms with E-state index >= 15 is 0 Å². The van der Waals surface area contributed by atoms with E-state index in [0.717, 1.165) is 25.7 Å². The summed E-state index contributed by atoms with van der Waals surface area (Å²) in [5.41, 5.74) is 0.194. The van der Waals surface area contributed by atoms with E-state index in [2.05, 4.69) is 24.5 Å². The molecule has 0 spiro atoms. The van der Waals surface area contributed by atoms with E-state index in [9.17, 15) is 9.90 Å². The number of nitrogens with one attached hydrogen (secondary N) is 2. The predicted molar refractivity (Wildman–Crippen MR) is 68.9 cm³/mol. The van der Waals surface area contributed by atoms with Gasteiger partial charge in [-0.2, -0.15) is 0 Å². The molecule has 0 bridgehead atoms. The van der Waals surface area contributed by atoms with Gasteiger partial charge < -0.3 is 15.7 Å². The average molecular weight is 242 g/mol. The standard InChI is InChI=1S/C13H26N2O2/c1-4-6-10(16)9-14-12(17)15-11-7-5-8-13(11,2)3/h10-11,16H,4-9H2,1-3H3,(H2,14,15,17). The Balaban J connectivity index is 2.25. The van der Waals surface area contributed by atoms with Crippen LogP contribution in [0.15, 0.2) is 0 Å². The summed E-state index contributed by atoms with van der Waals surface area (Å²) in [6.45, 7) is 6.74. The summed E-state index contributed by atoms with van der Waals surface area (Å²) < 4.78 is 0. The summed E-state index contributed by atoms with van der Waals surface area (Å²) >= 11 is 0. The predicted octanol–water partition coefficient (Wildman–Crippen LogP) is 2.03. The molecule has 2 unspecified atom stereocenters. The molecule has 0 aromatic heterocycles. The van der Waals surface area contributed by atoms with Crippen LogP contribution in [0.3, 0.4) is 0 Å². The summed E-state index contributed by atoms with van der Waals surface area (Å²) in [6, 6.07) is 0.103. The smallest absolute Gasteiger partial charge is 0.315 e. The Kier molecular flexibility index (Phi) is 5.25. The van der Waals surface area contributed by atoms with Gasteiger partial charge in [0.1, 0.15) is 0 Å². The van der Waals surface area contributed by atoms with Crippen molar-refractivity contribution in [2.75, 3.05) is 6.54 Å². The van der Waals surface area contributed by atoms with Crippen LogP contribution in [0.1, 0.15) is 52.9 Å². The van der Waals surface area contributed by atoms with Crippen molar-refractivity contribution in [1.82, 2.24) is 10.6 Å². The van der Waals surface area contributed by atoms with Crippen molar-refractivity contribution < 1.29 is 9.90 Å². The van der Waals surface area contributed by atoms with Crippen molar-refractivity contribution >= 4 is 6.03 Å². The van der Waals surface area contributed by atoms with Crippen LogP contribution in [0.2, 0.25) is 0 Å². The van der Waals surface area contributed by atoms with E-state index in [1.165, 1.54) is 6.42 Å². The van der Waals surface area contributed by atoms with Crippen LogP contribution in [0.4, 0.5) is 4.79 Å². The first-order chi connectivity index (χ1) is 7.95. The molecule has 17 heavy (non-hydrogen) atoms. The SMILES string of the molecule is CCCC(O)CNC(=O)NC1CCCC1(C)C. The molecular formula is C13H26N2O2. The zero-order chi connectivity index (χ0) is 12.9. The molecule has 1 aliphatic rings. The lowest BCUT2D eigenvalue weighted by Gasteiger charge is -2.28. The fourth-order valence-electron chi connectivity index (χ4n) is 2.45. The van der Waals surface area contributed by atoms with Crippen molar-refractivity contribution in [3.8, 4) is 0 Å². The quantitative estimate of drug-likeness (QED) is 0.690. The van der Waals surface area contributed by atoms with E-state index in [1.54, 1.807) is 0 Å². The lowest BCUT2D eigenvalue weighted by Crippen LogP contribution is -2.47. The van der Waals surface area contributed by atoms with Gasteiger partial charge in [0, 0.05) is 12.6 Å². The lowest BCUT2D eigenvalue weighted by molar-refractivity contribution is 0.158. The highest BCUT2D eigenvalue weighted by Crippen LogP contribution is 2.36. The molecular weight excluding hydrogens is 216 g/mol. The third kappa shape index (κ3) is 4.54. The highest BCUT2D eigenvalue weighted by molar-refractivity contribution is 5.74. The first-order valence-corrected chi connectivity index (χ1v) is 6.68. The van der Waals surface area contributed by atoms with Crippen molar-refractivity contribution in [3.63, 3.8) is 0 Å². The fraction of sp³-hybridized carbons (Fsp3) is 0.923. The highest BCUT2D eigenvalue weighted by Gasteiger charge is 2.35. The summed E-state index contributed by atoms with van der Waals surface area (Å²) in [6.07, 6.45) is 4.63. The molecule has 100 valence electrons. The monoisotopic (exact) mass is 242 g/mol. The Morgan fingerprint density at radius 2 is 2.24 bits per heavy atom. The Morgan fingerprint density at radius 1 is 1.53 bits per heavy atom. The summed E-state index contributed by atoms with van der Waals surface area (Å²) in [4.78, 5) is 11.7. The molecule has 1 aliphatic carbocycles. The molecule has 1 fully saturated rings. The second-order valence-electron chi connectivity index (χ2n) is 5.73. The van der Waals surface area contributed by atoms with Gasteiger partial charge in [-0.3, -0.25) is 0 Å². The average Bonchev–Trinajstić information content (AvgIpc) is 2.56. The van der Waals surface area contributed by atoms with Gasteiger partial charge in [-0.1, -0.05) is 33.6 Å². The number of hydrogen-bond donors (Lipinski definition) is 3. The summed E-state index contributed by atoms with van der Waals surface area (Å²) in [7, 11) is 0. The number of urea groups is 1. The molecule has 0 aromatic carbocycles. The van der Waals surface area contributed by atoms with E-state index in [0.29, 0.717) is 6.54 Å². The Labute approximate surface area is 104 Å². The number of aliphatic hydroxyl groups excluding tert-OH is 1. The number of carbonyl (C=O) groups is 1. The molecule has 1 rings (SSSR count). The molecule has 1 saturated carbocycles. The van der Waals surface area contributed by atoms with Crippen molar-refractivity contribution in [3.05, 3.63) is 0 Å². The number of carbonyl (C=O) groups excluding carboxylic acids is 1. The van der Waals surface area contributed by atoms with Gasteiger partial charge in [0.15, 0.2) is 0 Å². The van der Waals surface area contributed by atoms with Crippen LogP contribution >= 0.6 is 0 Å². The van der Waals surface area contributed by atoms with Gasteiger partial charge in [0.25, 0.3) is 0 Å². The van der Waals surface area contributed by atoms with Crippen LogP contribution in [0, 0.1) is 5.41 Å². The third-order valence-electron chi connectivity index (χ3n) is 3.68. The van der Waals surface area contributed by atoms with Crippen molar-refractivity contribution in [2.45, 2.75) is 65.0 Å². The second-order valence-corrected chi connectivity index (χ2v) is 5.73. The van der Waals surface area contributed by atoms with Crippen LogP contribution in [0.5, 0.6) is 0 Å². The molecule has 0 heterocycles. The van der Waals surface area contributed by atoms with Crippen LogP contribution in [-0.4, -0.2) is 29.8 Å².